The summed E-state index contributed by atoms with van der Waals surface area (Å²) in [5.74, 6) is 0. The van der Waals surface area contributed by atoms with E-state index in [1.807, 2.05) is 30.3 Å². The number of aromatic nitrogens is 1. The fourth-order valence-corrected chi connectivity index (χ4v) is 1.67. The molecular weight excluding hydrogens is 318 g/mol. The van der Waals surface area contributed by atoms with Crippen LogP contribution in [0.15, 0.2) is 36.5 Å². The van der Waals surface area contributed by atoms with Gasteiger partial charge in [-0.2, -0.15) is 0 Å². The van der Waals surface area contributed by atoms with Crippen LogP contribution in [-0.4, -0.2) is 22.9 Å². The number of pyridine rings is 1. The van der Waals surface area contributed by atoms with Gasteiger partial charge in [0.05, 0.1) is 17.4 Å². The Morgan fingerprint density at radius 3 is 2.89 bits per heavy atom. The van der Waals surface area contributed by atoms with Gasteiger partial charge >= 0.3 is 6.03 Å². The number of para-hydroxylation sites is 1. The van der Waals surface area contributed by atoms with E-state index in [9.17, 15) is 4.79 Å². The zero-order valence-electron chi connectivity index (χ0n) is 9.52. The number of anilines is 1. The normalized spacial score (nSPS) is 9.61. The maximum atomic E-state index is 11.4. The van der Waals surface area contributed by atoms with E-state index in [-0.39, 0.29) is 18.4 Å². The van der Waals surface area contributed by atoms with Gasteiger partial charge in [-0.15, -0.1) is 12.4 Å². The lowest BCUT2D eigenvalue weighted by Crippen LogP contribution is -2.30. The van der Waals surface area contributed by atoms with Crippen molar-refractivity contribution in [1.29, 1.82) is 0 Å². The van der Waals surface area contributed by atoms with Crippen molar-refractivity contribution in [2.24, 2.45) is 0 Å². The average Bonchev–Trinajstić information content (AvgIpc) is 2.36. The molecule has 2 rings (SSSR count). The highest BCUT2D eigenvalue weighted by molar-refractivity contribution is 9.09. The maximum Gasteiger partial charge on any atom is 0.319 e. The van der Waals surface area contributed by atoms with Gasteiger partial charge in [0.1, 0.15) is 0 Å². The van der Waals surface area contributed by atoms with Crippen molar-refractivity contribution >= 4 is 51.0 Å². The van der Waals surface area contributed by atoms with Crippen LogP contribution < -0.4 is 10.6 Å². The third kappa shape index (κ3) is 3.85. The van der Waals surface area contributed by atoms with E-state index in [1.54, 1.807) is 6.20 Å². The van der Waals surface area contributed by atoms with Gasteiger partial charge in [-0.3, -0.25) is 4.98 Å². The first kappa shape index (κ1) is 14.7. The van der Waals surface area contributed by atoms with Gasteiger partial charge in [-0.1, -0.05) is 34.1 Å². The molecule has 1 heterocycles. The van der Waals surface area contributed by atoms with Gasteiger partial charge in [-0.25, -0.2) is 4.79 Å². The van der Waals surface area contributed by atoms with Crippen LogP contribution in [0.4, 0.5) is 10.5 Å². The maximum absolute atomic E-state index is 11.4. The Balaban J connectivity index is 0.00000162. The number of amides is 2. The molecule has 0 unspecified atom stereocenters. The van der Waals surface area contributed by atoms with Gasteiger partial charge in [0.25, 0.3) is 0 Å². The standard InChI is InChI=1S/C12H12BrN3O.ClH/c13-5-6-14-12(17)16-10-7-9-3-1-2-4-11(9)15-8-10;/h1-4,7-8H,5-6H2,(H2,14,16,17);1H. The second kappa shape index (κ2) is 7.18. The fourth-order valence-electron chi connectivity index (χ4n) is 1.48. The molecule has 18 heavy (non-hydrogen) atoms. The molecule has 2 amide bonds. The second-order valence-electron chi connectivity index (χ2n) is 3.49. The summed E-state index contributed by atoms with van der Waals surface area (Å²) in [6, 6.07) is 9.45. The highest BCUT2D eigenvalue weighted by Crippen LogP contribution is 2.15. The molecule has 0 saturated carbocycles. The summed E-state index contributed by atoms with van der Waals surface area (Å²) in [5.41, 5.74) is 1.61. The number of hydrogen-bond donors (Lipinski definition) is 2. The Morgan fingerprint density at radius 2 is 2.11 bits per heavy atom. The van der Waals surface area contributed by atoms with Crippen molar-refractivity contribution in [3.8, 4) is 0 Å². The minimum atomic E-state index is -0.221. The highest BCUT2D eigenvalue weighted by atomic mass is 79.9. The smallest absolute Gasteiger partial charge is 0.319 e. The largest absolute Gasteiger partial charge is 0.337 e. The summed E-state index contributed by atoms with van der Waals surface area (Å²) in [4.78, 5) is 15.7. The van der Waals surface area contributed by atoms with Crippen LogP contribution in [0.1, 0.15) is 0 Å². The number of alkyl halides is 1. The molecule has 0 bridgehead atoms. The van der Waals surface area contributed by atoms with E-state index < -0.39 is 0 Å². The van der Waals surface area contributed by atoms with Crippen molar-refractivity contribution in [2.45, 2.75) is 0 Å². The van der Waals surface area contributed by atoms with Crippen LogP contribution >= 0.6 is 28.3 Å². The van der Waals surface area contributed by atoms with Crippen molar-refractivity contribution in [3.63, 3.8) is 0 Å². The molecule has 0 aliphatic heterocycles. The van der Waals surface area contributed by atoms with E-state index >= 15 is 0 Å². The first-order chi connectivity index (χ1) is 8.29. The molecule has 0 spiro atoms. The highest BCUT2D eigenvalue weighted by Gasteiger charge is 2.01. The molecule has 0 atom stereocenters. The van der Waals surface area contributed by atoms with Crippen LogP contribution in [0.5, 0.6) is 0 Å². The number of rotatable bonds is 3. The van der Waals surface area contributed by atoms with E-state index in [4.69, 9.17) is 0 Å². The van der Waals surface area contributed by atoms with Crippen LogP contribution in [0, 0.1) is 0 Å². The molecule has 0 radical (unpaired) electrons. The van der Waals surface area contributed by atoms with Crippen molar-refractivity contribution in [2.75, 3.05) is 17.2 Å². The molecule has 2 aromatic rings. The first-order valence-electron chi connectivity index (χ1n) is 5.25. The summed E-state index contributed by atoms with van der Waals surface area (Å²) in [6.45, 7) is 0.590. The second-order valence-corrected chi connectivity index (χ2v) is 4.28. The molecule has 1 aromatic heterocycles. The SMILES string of the molecule is Cl.O=C(NCCBr)Nc1cnc2ccccc2c1. The number of halogens is 2. The van der Waals surface area contributed by atoms with Gasteiger partial charge in [0.2, 0.25) is 0 Å². The molecule has 0 fully saturated rings. The fraction of sp³-hybridized carbons (Fsp3) is 0.167. The third-order valence-electron chi connectivity index (χ3n) is 2.23. The minimum absolute atomic E-state index is 0. The number of nitrogens with zero attached hydrogens (tertiary/aromatic N) is 1. The Kier molecular flexibility index (Phi) is 5.88. The summed E-state index contributed by atoms with van der Waals surface area (Å²) in [6.07, 6.45) is 1.65. The summed E-state index contributed by atoms with van der Waals surface area (Å²) >= 11 is 3.24. The van der Waals surface area contributed by atoms with Gasteiger partial charge < -0.3 is 10.6 Å². The van der Waals surface area contributed by atoms with Crippen LogP contribution in [0.25, 0.3) is 10.9 Å². The van der Waals surface area contributed by atoms with Gasteiger partial charge in [0, 0.05) is 17.3 Å². The topological polar surface area (TPSA) is 54.0 Å². The molecule has 0 aliphatic carbocycles. The molecule has 6 heteroatoms. The molecular formula is C12H13BrClN3O. The van der Waals surface area contributed by atoms with E-state index in [1.165, 1.54) is 0 Å². The minimum Gasteiger partial charge on any atom is -0.337 e. The number of fused-ring (bicyclic) bond motifs is 1. The van der Waals surface area contributed by atoms with Crippen LogP contribution in [0.2, 0.25) is 0 Å². The first-order valence-corrected chi connectivity index (χ1v) is 6.37. The average molecular weight is 331 g/mol. The number of benzene rings is 1. The Labute approximate surface area is 120 Å². The monoisotopic (exact) mass is 329 g/mol. The van der Waals surface area contributed by atoms with Crippen molar-refractivity contribution in [3.05, 3.63) is 36.5 Å². The number of nitrogens with one attached hydrogen (secondary N) is 2. The molecule has 2 N–H and O–H groups in total. The molecule has 1 aromatic carbocycles. The van der Waals surface area contributed by atoms with Crippen LogP contribution in [-0.2, 0) is 0 Å². The third-order valence-corrected chi connectivity index (χ3v) is 2.62. The zero-order chi connectivity index (χ0) is 12.1. The Bertz CT molecular complexity index is 535. The number of hydrogen-bond acceptors (Lipinski definition) is 2. The quantitative estimate of drug-likeness (QED) is 0.849. The van der Waals surface area contributed by atoms with Crippen molar-refractivity contribution < 1.29 is 4.79 Å². The molecule has 4 nitrogen and oxygen atoms in total. The van der Waals surface area contributed by atoms with Gasteiger partial charge in [0.15, 0.2) is 0 Å². The number of carbonyl (C=O) groups is 1. The predicted molar refractivity (Wildman–Crippen MR) is 79.8 cm³/mol. The Morgan fingerprint density at radius 1 is 1.33 bits per heavy atom. The molecule has 96 valence electrons. The predicted octanol–water partition coefficient (Wildman–Crippen LogP) is 3.17. The lowest BCUT2D eigenvalue weighted by Gasteiger charge is -2.06. The summed E-state index contributed by atoms with van der Waals surface area (Å²) < 4.78 is 0. The summed E-state index contributed by atoms with van der Waals surface area (Å²) in [5, 5.41) is 7.18. The van der Waals surface area contributed by atoms with E-state index in [2.05, 4.69) is 31.5 Å². The Hall–Kier alpha value is -1.33. The molecule has 0 aliphatic rings. The summed E-state index contributed by atoms with van der Waals surface area (Å²) in [7, 11) is 0. The number of carbonyl (C=O) groups excluding carboxylic acids is 1. The molecule has 0 saturated heterocycles. The van der Waals surface area contributed by atoms with E-state index in [0.29, 0.717) is 12.2 Å². The van der Waals surface area contributed by atoms with Gasteiger partial charge in [-0.05, 0) is 12.1 Å². The van der Waals surface area contributed by atoms with Crippen LogP contribution in [0.3, 0.4) is 0 Å². The van der Waals surface area contributed by atoms with E-state index in [0.717, 1.165) is 16.2 Å². The van der Waals surface area contributed by atoms with Crippen molar-refractivity contribution in [1.82, 2.24) is 10.3 Å². The zero-order valence-corrected chi connectivity index (χ0v) is 11.9. The number of urea groups is 1. The lowest BCUT2D eigenvalue weighted by molar-refractivity contribution is 0.252. The lowest BCUT2D eigenvalue weighted by atomic mass is 10.2.